The van der Waals surface area contributed by atoms with E-state index in [1.807, 2.05) is 35.2 Å². The molecule has 0 bridgehead atoms. The van der Waals surface area contributed by atoms with Gasteiger partial charge in [-0.25, -0.2) is 0 Å². The summed E-state index contributed by atoms with van der Waals surface area (Å²) in [5, 5.41) is 0. The zero-order valence-corrected chi connectivity index (χ0v) is 12.1. The molecule has 3 nitrogen and oxygen atoms in total. The van der Waals surface area contributed by atoms with Gasteiger partial charge in [0.25, 0.3) is 0 Å². The summed E-state index contributed by atoms with van der Waals surface area (Å²) >= 11 is 0. The first-order chi connectivity index (χ1) is 9.20. The van der Waals surface area contributed by atoms with E-state index < -0.39 is 0 Å². The lowest BCUT2D eigenvalue weighted by atomic mass is 10.1. The highest BCUT2D eigenvalue weighted by Gasteiger charge is 2.21. The van der Waals surface area contributed by atoms with Crippen molar-refractivity contribution in [2.75, 3.05) is 11.4 Å². The Morgan fingerprint density at radius 2 is 1.79 bits per heavy atom. The Labute approximate surface area is 116 Å². The molecule has 0 heterocycles. The Kier molecular flexibility index (Phi) is 7.19. The Hall–Kier alpha value is -1.35. The fraction of sp³-hybridized carbons (Fsp3) is 0.562. The van der Waals surface area contributed by atoms with Crippen molar-refractivity contribution >= 4 is 11.6 Å². The first kappa shape index (κ1) is 15.7. The van der Waals surface area contributed by atoms with Gasteiger partial charge in [-0.05, 0) is 25.0 Å². The molecule has 1 amide bonds. The number of hydrogen-bond donors (Lipinski definition) is 1. The van der Waals surface area contributed by atoms with Crippen molar-refractivity contribution < 1.29 is 4.79 Å². The SMILES string of the molecule is CCCC[C@H](N)C(=O)N(CCCC)c1ccccc1. The molecule has 106 valence electrons. The van der Waals surface area contributed by atoms with E-state index in [1.54, 1.807) is 0 Å². The number of para-hydroxylation sites is 1. The summed E-state index contributed by atoms with van der Waals surface area (Å²) in [6.07, 6.45) is 4.91. The van der Waals surface area contributed by atoms with Crippen molar-refractivity contribution in [3.8, 4) is 0 Å². The Morgan fingerprint density at radius 1 is 1.16 bits per heavy atom. The normalized spacial score (nSPS) is 12.2. The zero-order valence-electron chi connectivity index (χ0n) is 12.1. The van der Waals surface area contributed by atoms with Crippen molar-refractivity contribution in [2.24, 2.45) is 5.73 Å². The van der Waals surface area contributed by atoms with E-state index in [4.69, 9.17) is 5.73 Å². The maximum Gasteiger partial charge on any atom is 0.243 e. The van der Waals surface area contributed by atoms with Crippen LogP contribution in [-0.2, 0) is 4.79 Å². The van der Waals surface area contributed by atoms with Crippen molar-refractivity contribution in [3.05, 3.63) is 30.3 Å². The minimum absolute atomic E-state index is 0.0492. The summed E-state index contributed by atoms with van der Waals surface area (Å²) < 4.78 is 0. The van der Waals surface area contributed by atoms with E-state index in [0.29, 0.717) is 0 Å². The number of nitrogens with zero attached hydrogens (tertiary/aromatic N) is 1. The van der Waals surface area contributed by atoms with E-state index in [9.17, 15) is 4.79 Å². The lowest BCUT2D eigenvalue weighted by Crippen LogP contribution is -2.44. The quantitative estimate of drug-likeness (QED) is 0.781. The van der Waals surface area contributed by atoms with Gasteiger partial charge in [-0.2, -0.15) is 0 Å². The Bertz CT molecular complexity index is 364. The van der Waals surface area contributed by atoms with Crippen LogP contribution in [0.3, 0.4) is 0 Å². The van der Waals surface area contributed by atoms with Crippen LogP contribution in [0.2, 0.25) is 0 Å². The number of benzene rings is 1. The maximum absolute atomic E-state index is 12.5. The van der Waals surface area contributed by atoms with Gasteiger partial charge >= 0.3 is 0 Å². The molecule has 0 unspecified atom stereocenters. The number of hydrogen-bond acceptors (Lipinski definition) is 2. The summed E-state index contributed by atoms with van der Waals surface area (Å²) in [6, 6.07) is 9.44. The third-order valence-electron chi connectivity index (χ3n) is 3.26. The highest BCUT2D eigenvalue weighted by Crippen LogP contribution is 2.16. The first-order valence-corrected chi connectivity index (χ1v) is 7.32. The van der Waals surface area contributed by atoms with Crippen LogP contribution in [0.15, 0.2) is 30.3 Å². The lowest BCUT2D eigenvalue weighted by molar-refractivity contribution is -0.120. The monoisotopic (exact) mass is 262 g/mol. The highest BCUT2D eigenvalue weighted by molar-refractivity contribution is 5.96. The molecule has 1 aromatic carbocycles. The minimum atomic E-state index is -0.378. The summed E-state index contributed by atoms with van der Waals surface area (Å²) in [4.78, 5) is 14.3. The molecule has 2 N–H and O–H groups in total. The predicted molar refractivity (Wildman–Crippen MR) is 81.2 cm³/mol. The molecule has 0 aliphatic carbocycles. The second-order valence-electron chi connectivity index (χ2n) is 4.93. The van der Waals surface area contributed by atoms with Gasteiger partial charge in [0.15, 0.2) is 0 Å². The average molecular weight is 262 g/mol. The molecule has 0 saturated heterocycles. The van der Waals surface area contributed by atoms with E-state index in [0.717, 1.165) is 44.3 Å². The fourth-order valence-corrected chi connectivity index (χ4v) is 2.04. The summed E-state index contributed by atoms with van der Waals surface area (Å²) in [7, 11) is 0. The van der Waals surface area contributed by atoms with Gasteiger partial charge in [0.2, 0.25) is 5.91 Å². The fourth-order valence-electron chi connectivity index (χ4n) is 2.04. The molecule has 1 rings (SSSR count). The van der Waals surface area contributed by atoms with Crippen molar-refractivity contribution in [1.82, 2.24) is 0 Å². The van der Waals surface area contributed by atoms with Gasteiger partial charge in [-0.3, -0.25) is 4.79 Å². The van der Waals surface area contributed by atoms with Crippen LogP contribution in [-0.4, -0.2) is 18.5 Å². The Balaban J connectivity index is 2.76. The van der Waals surface area contributed by atoms with Crippen LogP contribution >= 0.6 is 0 Å². The molecule has 0 spiro atoms. The van der Waals surface area contributed by atoms with Gasteiger partial charge in [0.05, 0.1) is 6.04 Å². The number of carbonyl (C=O) groups excluding carboxylic acids is 1. The first-order valence-electron chi connectivity index (χ1n) is 7.32. The number of rotatable bonds is 8. The van der Waals surface area contributed by atoms with Crippen LogP contribution in [0, 0.1) is 0 Å². The predicted octanol–water partition coefficient (Wildman–Crippen LogP) is 3.34. The molecular weight excluding hydrogens is 236 g/mol. The van der Waals surface area contributed by atoms with Crippen molar-refractivity contribution in [2.45, 2.75) is 52.0 Å². The van der Waals surface area contributed by atoms with E-state index in [2.05, 4.69) is 13.8 Å². The standard InChI is InChI=1S/C16H26N2O/c1-3-5-12-15(17)16(19)18(13-6-4-2)14-10-8-7-9-11-14/h7-11,15H,3-6,12-13,17H2,1-2H3/t15-/m0/s1. The molecule has 0 aliphatic heterocycles. The lowest BCUT2D eigenvalue weighted by Gasteiger charge is -2.25. The molecule has 0 radical (unpaired) electrons. The van der Waals surface area contributed by atoms with Gasteiger partial charge in [-0.15, -0.1) is 0 Å². The molecule has 0 aliphatic rings. The summed E-state index contributed by atoms with van der Waals surface area (Å²) in [5.74, 6) is 0.0492. The number of nitrogens with two attached hydrogens (primary N) is 1. The van der Waals surface area contributed by atoms with Crippen LogP contribution < -0.4 is 10.6 Å². The summed E-state index contributed by atoms with van der Waals surface area (Å²) in [5.41, 5.74) is 6.97. The van der Waals surface area contributed by atoms with Crippen LogP contribution in [0.1, 0.15) is 46.0 Å². The number of unbranched alkanes of at least 4 members (excludes halogenated alkanes) is 2. The van der Waals surface area contributed by atoms with Crippen molar-refractivity contribution in [3.63, 3.8) is 0 Å². The Morgan fingerprint density at radius 3 is 2.37 bits per heavy atom. The van der Waals surface area contributed by atoms with Gasteiger partial charge in [0.1, 0.15) is 0 Å². The largest absolute Gasteiger partial charge is 0.320 e. The van der Waals surface area contributed by atoms with E-state index in [-0.39, 0.29) is 11.9 Å². The van der Waals surface area contributed by atoms with Crippen molar-refractivity contribution in [1.29, 1.82) is 0 Å². The number of anilines is 1. The second-order valence-corrected chi connectivity index (χ2v) is 4.93. The minimum Gasteiger partial charge on any atom is -0.320 e. The topological polar surface area (TPSA) is 46.3 Å². The van der Waals surface area contributed by atoms with Gasteiger partial charge in [-0.1, -0.05) is 51.3 Å². The van der Waals surface area contributed by atoms with Gasteiger partial charge in [0, 0.05) is 12.2 Å². The molecule has 3 heteroatoms. The second kappa shape index (κ2) is 8.70. The molecular formula is C16H26N2O. The highest BCUT2D eigenvalue weighted by atomic mass is 16.2. The number of amides is 1. The number of carbonyl (C=O) groups is 1. The third-order valence-corrected chi connectivity index (χ3v) is 3.26. The average Bonchev–Trinajstić information content (AvgIpc) is 2.46. The molecule has 0 fully saturated rings. The van der Waals surface area contributed by atoms with Crippen LogP contribution in [0.5, 0.6) is 0 Å². The molecule has 1 atom stereocenters. The molecule has 1 aromatic rings. The van der Waals surface area contributed by atoms with Gasteiger partial charge < -0.3 is 10.6 Å². The van der Waals surface area contributed by atoms with E-state index >= 15 is 0 Å². The van der Waals surface area contributed by atoms with Crippen LogP contribution in [0.25, 0.3) is 0 Å². The summed E-state index contributed by atoms with van der Waals surface area (Å²) in [6.45, 7) is 4.99. The third kappa shape index (κ3) is 5.03. The van der Waals surface area contributed by atoms with E-state index in [1.165, 1.54) is 0 Å². The molecule has 19 heavy (non-hydrogen) atoms. The van der Waals surface area contributed by atoms with Crippen LogP contribution in [0.4, 0.5) is 5.69 Å². The molecule has 0 aromatic heterocycles. The maximum atomic E-state index is 12.5. The molecule has 0 saturated carbocycles. The smallest absolute Gasteiger partial charge is 0.243 e. The zero-order chi connectivity index (χ0) is 14.1.